The largest absolute Gasteiger partial charge is 0.375 e. The summed E-state index contributed by atoms with van der Waals surface area (Å²) in [6, 6.07) is 8.14. The third-order valence-corrected chi connectivity index (χ3v) is 3.27. The van der Waals surface area contributed by atoms with Crippen molar-refractivity contribution in [2.75, 3.05) is 5.32 Å². The van der Waals surface area contributed by atoms with E-state index in [-0.39, 0.29) is 16.7 Å². The Bertz CT molecular complexity index is 665. The zero-order valence-corrected chi connectivity index (χ0v) is 11.7. The van der Waals surface area contributed by atoms with Crippen molar-refractivity contribution in [1.82, 2.24) is 0 Å². The van der Waals surface area contributed by atoms with E-state index in [2.05, 4.69) is 21.2 Å². The Hall–Kier alpha value is -2.02. The number of nitro groups is 1. The average molecular weight is 343 g/mol. The van der Waals surface area contributed by atoms with E-state index in [0.29, 0.717) is 5.56 Å². The van der Waals surface area contributed by atoms with Gasteiger partial charge in [0.1, 0.15) is 17.3 Å². The summed E-state index contributed by atoms with van der Waals surface area (Å²) in [6.45, 7) is 0.0611. The van der Waals surface area contributed by atoms with Crippen LogP contribution in [0, 0.1) is 21.7 Å². The van der Waals surface area contributed by atoms with Crippen LogP contribution in [0.25, 0.3) is 0 Å². The van der Waals surface area contributed by atoms with Crippen LogP contribution in [0.15, 0.2) is 40.9 Å². The maximum Gasteiger partial charge on any atom is 0.295 e. The molecule has 20 heavy (non-hydrogen) atoms. The van der Waals surface area contributed by atoms with Crippen molar-refractivity contribution in [3.05, 3.63) is 68.2 Å². The molecule has 0 spiro atoms. The van der Waals surface area contributed by atoms with Gasteiger partial charge >= 0.3 is 0 Å². The number of nitrogens with one attached hydrogen (secondary N) is 1. The number of anilines is 1. The average Bonchev–Trinajstić information content (AvgIpc) is 2.41. The number of hydrogen-bond acceptors (Lipinski definition) is 3. The Kier molecular flexibility index (Phi) is 4.29. The van der Waals surface area contributed by atoms with Crippen LogP contribution in [0.2, 0.25) is 0 Å². The molecule has 0 bridgehead atoms. The van der Waals surface area contributed by atoms with Gasteiger partial charge in [-0.2, -0.15) is 0 Å². The molecule has 0 unspecified atom stereocenters. The lowest BCUT2D eigenvalue weighted by Gasteiger charge is -2.09. The van der Waals surface area contributed by atoms with Gasteiger partial charge in [-0.25, -0.2) is 8.78 Å². The number of benzene rings is 2. The number of hydrogen-bond donors (Lipinski definition) is 1. The highest BCUT2D eigenvalue weighted by atomic mass is 79.9. The minimum atomic E-state index is -0.729. The summed E-state index contributed by atoms with van der Waals surface area (Å²) in [6.07, 6.45) is 0. The lowest BCUT2D eigenvalue weighted by molar-refractivity contribution is -0.384. The molecule has 0 atom stereocenters. The molecule has 0 heterocycles. The first-order valence-corrected chi connectivity index (χ1v) is 6.39. The predicted molar refractivity (Wildman–Crippen MR) is 74.5 cm³/mol. The molecule has 1 N–H and O–H groups in total. The first-order valence-electron chi connectivity index (χ1n) is 5.59. The second kappa shape index (κ2) is 5.96. The summed E-state index contributed by atoms with van der Waals surface area (Å²) in [5.41, 5.74) is 0.0795. The third-order valence-electron chi connectivity index (χ3n) is 2.66. The highest BCUT2D eigenvalue weighted by Crippen LogP contribution is 2.30. The normalized spacial score (nSPS) is 10.3. The van der Waals surface area contributed by atoms with Crippen molar-refractivity contribution < 1.29 is 13.7 Å². The molecule has 4 nitrogen and oxygen atoms in total. The standard InChI is InChI=1S/C13H9BrF2N2O2/c14-9-5-12(13(18(19)20)6-11(9)16)17-7-8-3-1-2-4-10(8)15/h1-6,17H,7H2. The number of nitrogens with zero attached hydrogens (tertiary/aromatic N) is 1. The van der Waals surface area contributed by atoms with Gasteiger partial charge in [0.25, 0.3) is 5.69 Å². The highest BCUT2D eigenvalue weighted by Gasteiger charge is 2.17. The third kappa shape index (κ3) is 3.11. The maximum atomic E-state index is 13.5. The molecule has 2 aromatic rings. The Labute approximate surface area is 121 Å². The predicted octanol–water partition coefficient (Wildman–Crippen LogP) is 4.25. The molecule has 0 amide bonds. The summed E-state index contributed by atoms with van der Waals surface area (Å²) in [5, 5.41) is 13.6. The van der Waals surface area contributed by atoms with E-state index in [0.717, 1.165) is 6.07 Å². The smallest absolute Gasteiger partial charge is 0.295 e. The van der Waals surface area contributed by atoms with Crippen molar-refractivity contribution in [2.24, 2.45) is 0 Å². The van der Waals surface area contributed by atoms with E-state index < -0.39 is 22.2 Å². The van der Waals surface area contributed by atoms with E-state index in [1.54, 1.807) is 18.2 Å². The first kappa shape index (κ1) is 14.4. The molecule has 104 valence electrons. The molecule has 2 rings (SSSR count). The van der Waals surface area contributed by atoms with E-state index in [4.69, 9.17) is 0 Å². The van der Waals surface area contributed by atoms with Gasteiger partial charge in [0, 0.05) is 12.1 Å². The fourth-order valence-corrected chi connectivity index (χ4v) is 2.00. The Morgan fingerprint density at radius 3 is 2.55 bits per heavy atom. The minimum Gasteiger partial charge on any atom is -0.375 e. The fourth-order valence-electron chi connectivity index (χ4n) is 1.66. The van der Waals surface area contributed by atoms with Gasteiger partial charge in [-0.3, -0.25) is 10.1 Å². The van der Waals surface area contributed by atoms with Crippen molar-refractivity contribution in [3.63, 3.8) is 0 Å². The van der Waals surface area contributed by atoms with Gasteiger partial charge in [0.05, 0.1) is 15.5 Å². The van der Waals surface area contributed by atoms with Crippen molar-refractivity contribution in [3.8, 4) is 0 Å². The molecule has 7 heteroatoms. The van der Waals surface area contributed by atoms with E-state index in [1.165, 1.54) is 12.1 Å². The summed E-state index contributed by atoms with van der Waals surface area (Å²) >= 11 is 2.96. The van der Waals surface area contributed by atoms with Crippen molar-refractivity contribution in [2.45, 2.75) is 6.54 Å². The Balaban J connectivity index is 2.27. The minimum absolute atomic E-state index is 0.0611. The van der Waals surface area contributed by atoms with Crippen LogP contribution >= 0.6 is 15.9 Å². The van der Waals surface area contributed by atoms with Gasteiger partial charge < -0.3 is 5.32 Å². The molecular weight excluding hydrogens is 334 g/mol. The Morgan fingerprint density at radius 2 is 1.90 bits per heavy atom. The van der Waals surface area contributed by atoms with E-state index in [1.807, 2.05) is 0 Å². The Morgan fingerprint density at radius 1 is 1.20 bits per heavy atom. The first-order chi connectivity index (χ1) is 9.49. The summed E-state index contributed by atoms with van der Waals surface area (Å²) in [5.74, 6) is -1.14. The van der Waals surface area contributed by atoms with E-state index >= 15 is 0 Å². The van der Waals surface area contributed by atoms with Gasteiger partial charge in [0.15, 0.2) is 0 Å². The van der Waals surface area contributed by atoms with Crippen LogP contribution < -0.4 is 5.32 Å². The van der Waals surface area contributed by atoms with E-state index in [9.17, 15) is 18.9 Å². The molecular formula is C13H9BrF2N2O2. The maximum absolute atomic E-state index is 13.5. The zero-order chi connectivity index (χ0) is 14.7. The lowest BCUT2D eigenvalue weighted by Crippen LogP contribution is -2.05. The molecule has 0 fully saturated rings. The van der Waals surface area contributed by atoms with Gasteiger partial charge in [-0.1, -0.05) is 18.2 Å². The fraction of sp³-hybridized carbons (Fsp3) is 0.0769. The molecule has 0 aromatic heterocycles. The monoisotopic (exact) mass is 342 g/mol. The van der Waals surface area contributed by atoms with Crippen molar-refractivity contribution in [1.29, 1.82) is 0 Å². The molecule has 0 aliphatic carbocycles. The summed E-state index contributed by atoms with van der Waals surface area (Å²) < 4.78 is 26.9. The number of halogens is 3. The van der Waals surface area contributed by atoms with Crippen LogP contribution in [-0.2, 0) is 6.54 Å². The molecule has 2 aromatic carbocycles. The summed E-state index contributed by atoms with van der Waals surface area (Å²) in [7, 11) is 0. The molecule has 0 saturated carbocycles. The topological polar surface area (TPSA) is 55.2 Å². The highest BCUT2D eigenvalue weighted by molar-refractivity contribution is 9.10. The molecule has 0 aliphatic rings. The molecule has 0 saturated heterocycles. The van der Waals surface area contributed by atoms with Crippen LogP contribution in [0.5, 0.6) is 0 Å². The SMILES string of the molecule is O=[N+]([O-])c1cc(F)c(Br)cc1NCc1ccccc1F. The van der Waals surface area contributed by atoms with Crippen LogP contribution in [0.1, 0.15) is 5.56 Å². The number of rotatable bonds is 4. The van der Waals surface area contributed by atoms with Crippen molar-refractivity contribution >= 4 is 27.3 Å². The quantitative estimate of drug-likeness (QED) is 0.667. The number of nitro benzene ring substituents is 1. The second-order valence-corrected chi connectivity index (χ2v) is 4.84. The summed E-state index contributed by atoms with van der Waals surface area (Å²) in [4.78, 5) is 10.2. The van der Waals surface area contributed by atoms with Gasteiger partial charge in [-0.15, -0.1) is 0 Å². The van der Waals surface area contributed by atoms with Crippen LogP contribution in [-0.4, -0.2) is 4.92 Å². The molecule has 0 radical (unpaired) electrons. The van der Waals surface area contributed by atoms with Crippen LogP contribution in [0.3, 0.4) is 0 Å². The van der Waals surface area contributed by atoms with Gasteiger partial charge in [0.2, 0.25) is 0 Å². The van der Waals surface area contributed by atoms with Gasteiger partial charge in [-0.05, 0) is 28.1 Å². The zero-order valence-electron chi connectivity index (χ0n) is 10.1. The second-order valence-electron chi connectivity index (χ2n) is 3.99. The molecule has 0 aliphatic heterocycles. The lowest BCUT2D eigenvalue weighted by atomic mass is 10.2. The van der Waals surface area contributed by atoms with Crippen LogP contribution in [0.4, 0.5) is 20.2 Å².